The zero-order chi connectivity index (χ0) is 19.7. The van der Waals surface area contributed by atoms with Crippen LogP contribution < -0.4 is 10.0 Å². The molecule has 0 aliphatic carbocycles. The Labute approximate surface area is 168 Å². The predicted molar refractivity (Wildman–Crippen MR) is 106 cm³/mol. The summed E-state index contributed by atoms with van der Waals surface area (Å²) in [5.41, 5.74) is 0.973. The van der Waals surface area contributed by atoms with E-state index in [1.165, 1.54) is 12.1 Å². The van der Waals surface area contributed by atoms with E-state index in [9.17, 15) is 13.2 Å². The van der Waals surface area contributed by atoms with Crippen molar-refractivity contribution in [3.05, 3.63) is 40.5 Å². The largest absolute Gasteiger partial charge is 0.337 e. The lowest BCUT2D eigenvalue weighted by Crippen LogP contribution is -2.43. The number of anilines is 1. The number of piperidine rings is 1. The van der Waals surface area contributed by atoms with Gasteiger partial charge in [0.2, 0.25) is 0 Å². The first kappa shape index (κ1) is 19.2. The van der Waals surface area contributed by atoms with Crippen molar-refractivity contribution < 1.29 is 13.2 Å². The van der Waals surface area contributed by atoms with Crippen molar-refractivity contribution in [2.45, 2.75) is 24.2 Å². The smallest absolute Gasteiger partial charge is 0.272 e. The van der Waals surface area contributed by atoms with Gasteiger partial charge in [-0.25, -0.2) is 8.42 Å². The lowest BCUT2D eigenvalue weighted by molar-refractivity contribution is 0.0694. The molecule has 1 fully saturated rings. The molecule has 28 heavy (non-hydrogen) atoms. The second-order valence-electron chi connectivity index (χ2n) is 7.18. The van der Waals surface area contributed by atoms with E-state index in [1.807, 2.05) is 4.90 Å². The molecule has 1 aromatic carbocycles. The summed E-state index contributed by atoms with van der Waals surface area (Å²) in [4.78, 5) is 14.7. The Morgan fingerprint density at radius 3 is 2.82 bits per heavy atom. The fourth-order valence-electron chi connectivity index (χ4n) is 3.75. The predicted octanol–water partition coefficient (Wildman–Crippen LogP) is 1.86. The molecule has 0 saturated carbocycles. The molecule has 2 aliphatic heterocycles. The molecule has 4 rings (SSSR count). The van der Waals surface area contributed by atoms with Crippen LogP contribution in [-0.4, -0.2) is 55.6 Å². The molecule has 0 spiro atoms. The molecule has 0 unspecified atom stereocenters. The molecular formula is C18H22ClN5O3S. The van der Waals surface area contributed by atoms with Crippen LogP contribution >= 0.6 is 11.6 Å². The lowest BCUT2D eigenvalue weighted by Gasteiger charge is -2.32. The van der Waals surface area contributed by atoms with Crippen LogP contribution in [0.1, 0.15) is 28.9 Å². The van der Waals surface area contributed by atoms with Crippen LogP contribution in [0.2, 0.25) is 5.02 Å². The molecule has 1 aromatic heterocycles. The third kappa shape index (κ3) is 3.87. The van der Waals surface area contributed by atoms with Gasteiger partial charge >= 0.3 is 0 Å². The van der Waals surface area contributed by atoms with E-state index in [0.29, 0.717) is 35.2 Å². The van der Waals surface area contributed by atoms with Gasteiger partial charge in [-0.2, -0.15) is 5.10 Å². The van der Waals surface area contributed by atoms with Crippen molar-refractivity contribution in [3.63, 3.8) is 0 Å². The zero-order valence-electron chi connectivity index (χ0n) is 15.2. The fourth-order valence-corrected chi connectivity index (χ4v) is 5.08. The molecule has 0 bridgehead atoms. The van der Waals surface area contributed by atoms with Crippen molar-refractivity contribution in [1.29, 1.82) is 0 Å². The van der Waals surface area contributed by atoms with Gasteiger partial charge in [0.05, 0.1) is 4.90 Å². The van der Waals surface area contributed by atoms with Crippen LogP contribution in [0, 0.1) is 5.92 Å². The van der Waals surface area contributed by atoms with Crippen LogP contribution in [0.3, 0.4) is 0 Å². The van der Waals surface area contributed by atoms with Gasteiger partial charge in [0.1, 0.15) is 5.69 Å². The number of rotatable bonds is 5. The number of carbonyl (C=O) groups is 1. The van der Waals surface area contributed by atoms with Gasteiger partial charge in [-0.15, -0.1) is 0 Å². The Balaban J connectivity index is 1.51. The Morgan fingerprint density at radius 2 is 2.07 bits per heavy atom. The Hall–Kier alpha value is -2.10. The van der Waals surface area contributed by atoms with E-state index in [4.69, 9.17) is 11.6 Å². The summed E-state index contributed by atoms with van der Waals surface area (Å²) < 4.78 is 27.7. The number of fused-ring (bicyclic) bond motifs is 1. The van der Waals surface area contributed by atoms with Crippen LogP contribution in [0.4, 0.5) is 5.82 Å². The summed E-state index contributed by atoms with van der Waals surface area (Å²) in [5.74, 6) is 0.542. The number of benzene rings is 1. The van der Waals surface area contributed by atoms with Crippen molar-refractivity contribution in [3.8, 4) is 0 Å². The Kier molecular flexibility index (Phi) is 5.31. The van der Waals surface area contributed by atoms with Gasteiger partial charge in [0.15, 0.2) is 5.82 Å². The van der Waals surface area contributed by atoms with E-state index >= 15 is 0 Å². The quantitative estimate of drug-likeness (QED) is 0.680. The molecule has 8 nitrogen and oxygen atoms in total. The van der Waals surface area contributed by atoms with Gasteiger partial charge in [-0.05, 0) is 56.5 Å². The maximum absolute atomic E-state index is 12.8. The minimum Gasteiger partial charge on any atom is -0.337 e. The molecular weight excluding hydrogens is 402 g/mol. The second kappa shape index (κ2) is 7.73. The number of halogens is 1. The second-order valence-corrected chi connectivity index (χ2v) is 9.30. The summed E-state index contributed by atoms with van der Waals surface area (Å²) in [6.45, 7) is 3.25. The minimum absolute atomic E-state index is 0.0476. The topological polar surface area (TPSA) is 107 Å². The van der Waals surface area contributed by atoms with Crippen LogP contribution in [0.15, 0.2) is 29.2 Å². The molecule has 3 N–H and O–H groups in total. The monoisotopic (exact) mass is 423 g/mol. The number of aromatic nitrogens is 2. The number of hydrogen-bond donors (Lipinski definition) is 3. The van der Waals surface area contributed by atoms with E-state index < -0.39 is 10.0 Å². The minimum atomic E-state index is -3.84. The third-order valence-electron chi connectivity index (χ3n) is 5.27. The number of amides is 1. The molecule has 0 radical (unpaired) electrons. The first-order valence-corrected chi connectivity index (χ1v) is 11.2. The zero-order valence-corrected chi connectivity index (χ0v) is 16.8. The standard InChI is InChI=1S/C18H22ClN5O3S/c19-13-2-1-3-14(10-13)28(26,27)23-17-15-6-9-24(18(25)16(15)21-22-17)11-12-4-7-20-8-5-12/h1-3,10,12,20H,4-9,11H2,(H2,21,22,23). The number of sulfonamides is 1. The molecule has 1 amide bonds. The fraction of sp³-hybridized carbons (Fsp3) is 0.444. The van der Waals surface area contributed by atoms with Crippen LogP contribution in [0.25, 0.3) is 0 Å². The molecule has 2 aromatic rings. The molecule has 0 atom stereocenters. The first-order chi connectivity index (χ1) is 13.4. The Morgan fingerprint density at radius 1 is 1.29 bits per heavy atom. The highest BCUT2D eigenvalue weighted by Gasteiger charge is 2.32. The average Bonchev–Trinajstić information content (AvgIpc) is 3.08. The molecule has 150 valence electrons. The van der Waals surface area contributed by atoms with E-state index in [1.54, 1.807) is 12.1 Å². The van der Waals surface area contributed by atoms with Gasteiger partial charge in [0, 0.05) is 23.7 Å². The first-order valence-electron chi connectivity index (χ1n) is 9.29. The summed E-state index contributed by atoms with van der Waals surface area (Å²) in [6.07, 6.45) is 2.67. The maximum atomic E-state index is 12.8. The lowest BCUT2D eigenvalue weighted by atomic mass is 9.96. The normalized spacial score (nSPS) is 18.2. The SMILES string of the molecule is O=C1c2[nH]nc(NS(=O)(=O)c3cccc(Cl)c3)c2CCN1CC1CCNCC1. The van der Waals surface area contributed by atoms with Gasteiger partial charge in [-0.3, -0.25) is 14.6 Å². The van der Waals surface area contributed by atoms with Crippen LogP contribution in [-0.2, 0) is 16.4 Å². The van der Waals surface area contributed by atoms with Gasteiger partial charge in [-0.1, -0.05) is 17.7 Å². The molecule has 1 saturated heterocycles. The number of nitrogens with one attached hydrogen (secondary N) is 3. The van der Waals surface area contributed by atoms with Gasteiger partial charge in [0.25, 0.3) is 15.9 Å². The van der Waals surface area contributed by atoms with Crippen LogP contribution in [0.5, 0.6) is 0 Å². The van der Waals surface area contributed by atoms with E-state index in [-0.39, 0.29) is 16.6 Å². The molecule has 10 heteroatoms. The highest BCUT2D eigenvalue weighted by Crippen LogP contribution is 2.27. The highest BCUT2D eigenvalue weighted by molar-refractivity contribution is 7.92. The average molecular weight is 424 g/mol. The molecule has 2 aliphatic rings. The summed E-state index contributed by atoms with van der Waals surface area (Å²) in [7, 11) is -3.84. The van der Waals surface area contributed by atoms with Crippen molar-refractivity contribution in [1.82, 2.24) is 20.4 Å². The van der Waals surface area contributed by atoms with Gasteiger partial charge < -0.3 is 10.2 Å². The summed E-state index contributed by atoms with van der Waals surface area (Å²) in [6, 6.07) is 6.00. The number of H-pyrrole nitrogens is 1. The number of aromatic amines is 1. The maximum Gasteiger partial charge on any atom is 0.272 e. The number of nitrogens with zero attached hydrogens (tertiary/aromatic N) is 2. The Bertz CT molecular complexity index is 985. The van der Waals surface area contributed by atoms with Crippen molar-refractivity contribution in [2.75, 3.05) is 30.9 Å². The van der Waals surface area contributed by atoms with Crippen molar-refractivity contribution in [2.24, 2.45) is 5.92 Å². The summed E-state index contributed by atoms with van der Waals surface area (Å²) in [5, 5.41) is 10.4. The van der Waals surface area contributed by atoms with E-state index in [0.717, 1.165) is 32.5 Å². The summed E-state index contributed by atoms with van der Waals surface area (Å²) >= 11 is 5.90. The number of carbonyl (C=O) groups excluding carboxylic acids is 1. The van der Waals surface area contributed by atoms with E-state index in [2.05, 4.69) is 20.2 Å². The molecule has 3 heterocycles. The number of hydrogen-bond acceptors (Lipinski definition) is 5. The van der Waals surface area contributed by atoms with Crippen molar-refractivity contribution >= 4 is 33.3 Å². The highest BCUT2D eigenvalue weighted by atomic mass is 35.5. The third-order valence-corrected chi connectivity index (χ3v) is 6.85.